The summed E-state index contributed by atoms with van der Waals surface area (Å²) in [4.78, 5) is 24.1. The van der Waals surface area contributed by atoms with Gasteiger partial charge in [0.15, 0.2) is 0 Å². The SMILES string of the molecule is O=C1C(=O)c2cc(-c3ccccc3)cc3cccc1c23. The second kappa shape index (κ2) is 3.87. The molecular weight excluding hydrogens is 248 g/mol. The number of Topliss-reactive ketones (excluding diaryl/α,β-unsaturated/α-hetero) is 2. The highest BCUT2D eigenvalue weighted by Gasteiger charge is 2.30. The minimum Gasteiger partial charge on any atom is -0.285 e. The van der Waals surface area contributed by atoms with E-state index in [1.807, 2.05) is 54.6 Å². The van der Waals surface area contributed by atoms with E-state index >= 15 is 0 Å². The third-order valence-corrected chi connectivity index (χ3v) is 3.78. The average Bonchev–Trinajstić information content (AvgIpc) is 2.75. The molecule has 0 fully saturated rings. The van der Waals surface area contributed by atoms with Crippen LogP contribution in [-0.4, -0.2) is 11.6 Å². The number of carbonyl (C=O) groups is 2. The van der Waals surface area contributed by atoms with Crippen molar-refractivity contribution in [3.05, 3.63) is 71.8 Å². The number of hydrogen-bond donors (Lipinski definition) is 0. The van der Waals surface area contributed by atoms with E-state index in [2.05, 4.69) is 0 Å². The van der Waals surface area contributed by atoms with Gasteiger partial charge in [0.05, 0.1) is 0 Å². The van der Waals surface area contributed by atoms with Crippen molar-refractivity contribution in [2.45, 2.75) is 0 Å². The molecule has 1 aliphatic carbocycles. The first-order chi connectivity index (χ1) is 9.75. The lowest BCUT2D eigenvalue weighted by Crippen LogP contribution is -2.06. The number of ketones is 2. The largest absolute Gasteiger partial charge is 0.285 e. The fourth-order valence-electron chi connectivity index (χ4n) is 2.84. The van der Waals surface area contributed by atoms with Crippen molar-refractivity contribution in [3.8, 4) is 11.1 Å². The van der Waals surface area contributed by atoms with E-state index in [-0.39, 0.29) is 0 Å². The van der Waals surface area contributed by atoms with Crippen molar-refractivity contribution in [2.75, 3.05) is 0 Å². The summed E-state index contributed by atoms with van der Waals surface area (Å²) in [6.45, 7) is 0. The number of rotatable bonds is 1. The first-order valence-electron chi connectivity index (χ1n) is 6.47. The fraction of sp³-hybridized carbons (Fsp3) is 0. The van der Waals surface area contributed by atoms with Crippen LogP contribution in [0.15, 0.2) is 60.7 Å². The maximum Gasteiger partial charge on any atom is 0.234 e. The third-order valence-electron chi connectivity index (χ3n) is 3.78. The van der Waals surface area contributed by atoms with Crippen molar-refractivity contribution >= 4 is 22.3 Å². The van der Waals surface area contributed by atoms with Crippen molar-refractivity contribution < 1.29 is 9.59 Å². The Morgan fingerprint density at radius 3 is 2.15 bits per heavy atom. The van der Waals surface area contributed by atoms with E-state index in [4.69, 9.17) is 0 Å². The molecule has 0 atom stereocenters. The molecule has 2 heteroatoms. The summed E-state index contributed by atoms with van der Waals surface area (Å²) in [5, 5.41) is 1.74. The van der Waals surface area contributed by atoms with Gasteiger partial charge in [-0.05, 0) is 28.6 Å². The summed E-state index contributed by atoms with van der Waals surface area (Å²) < 4.78 is 0. The summed E-state index contributed by atoms with van der Waals surface area (Å²) in [6, 6.07) is 19.2. The lowest BCUT2D eigenvalue weighted by Gasteiger charge is -2.06. The van der Waals surface area contributed by atoms with E-state index in [0.717, 1.165) is 21.9 Å². The second-order valence-corrected chi connectivity index (χ2v) is 4.95. The van der Waals surface area contributed by atoms with Crippen LogP contribution in [0.3, 0.4) is 0 Å². The van der Waals surface area contributed by atoms with Gasteiger partial charge in [-0.25, -0.2) is 0 Å². The molecule has 0 saturated heterocycles. The van der Waals surface area contributed by atoms with Gasteiger partial charge in [0.25, 0.3) is 0 Å². The molecule has 20 heavy (non-hydrogen) atoms. The van der Waals surface area contributed by atoms with E-state index in [1.165, 1.54) is 0 Å². The van der Waals surface area contributed by atoms with Crippen LogP contribution in [0.5, 0.6) is 0 Å². The van der Waals surface area contributed by atoms with Crippen LogP contribution in [0.4, 0.5) is 0 Å². The Bertz CT molecular complexity index is 877. The van der Waals surface area contributed by atoms with Crippen molar-refractivity contribution in [2.24, 2.45) is 0 Å². The molecule has 0 radical (unpaired) electrons. The quantitative estimate of drug-likeness (QED) is 0.620. The van der Waals surface area contributed by atoms with Gasteiger partial charge >= 0.3 is 0 Å². The predicted molar refractivity (Wildman–Crippen MR) is 78.0 cm³/mol. The maximum absolute atomic E-state index is 12.1. The van der Waals surface area contributed by atoms with Crippen molar-refractivity contribution in [3.63, 3.8) is 0 Å². The molecule has 0 unspecified atom stereocenters. The van der Waals surface area contributed by atoms with Crippen LogP contribution < -0.4 is 0 Å². The molecule has 2 nitrogen and oxygen atoms in total. The summed E-state index contributed by atoms with van der Waals surface area (Å²) >= 11 is 0. The lowest BCUT2D eigenvalue weighted by molar-refractivity contribution is 0.0825. The average molecular weight is 258 g/mol. The molecule has 3 aromatic rings. The highest BCUT2D eigenvalue weighted by atomic mass is 16.2. The summed E-state index contributed by atoms with van der Waals surface area (Å²) in [5.74, 6) is -0.787. The van der Waals surface area contributed by atoms with Gasteiger partial charge in [-0.15, -0.1) is 0 Å². The molecule has 0 saturated carbocycles. The molecule has 0 N–H and O–H groups in total. The van der Waals surface area contributed by atoms with Gasteiger partial charge in [0.1, 0.15) is 0 Å². The fourth-order valence-corrected chi connectivity index (χ4v) is 2.84. The monoisotopic (exact) mass is 258 g/mol. The standard InChI is InChI=1S/C18H10O2/c19-17-14-8-4-7-12-9-13(11-5-2-1-3-6-11)10-15(16(12)14)18(17)20/h1-10H. The number of carbonyl (C=O) groups excluding carboxylic acids is 2. The minimum atomic E-state index is -0.394. The highest BCUT2D eigenvalue weighted by Crippen LogP contribution is 2.34. The molecule has 0 heterocycles. The normalized spacial score (nSPS) is 13.2. The highest BCUT2D eigenvalue weighted by molar-refractivity contribution is 6.57. The molecule has 1 aliphatic rings. The van der Waals surface area contributed by atoms with Crippen LogP contribution in [0.2, 0.25) is 0 Å². The lowest BCUT2D eigenvalue weighted by atomic mass is 9.97. The summed E-state index contributed by atoms with van der Waals surface area (Å²) in [7, 11) is 0. The molecule has 94 valence electrons. The summed E-state index contributed by atoms with van der Waals surface area (Å²) in [5.41, 5.74) is 3.07. The Hall–Kier alpha value is -2.74. The topological polar surface area (TPSA) is 34.1 Å². The van der Waals surface area contributed by atoms with Crippen LogP contribution in [-0.2, 0) is 0 Å². The van der Waals surface area contributed by atoms with Crippen LogP contribution in [0.25, 0.3) is 21.9 Å². The number of hydrogen-bond acceptors (Lipinski definition) is 2. The molecule has 0 aromatic heterocycles. The maximum atomic E-state index is 12.1. The zero-order valence-corrected chi connectivity index (χ0v) is 10.6. The molecule has 0 aliphatic heterocycles. The van der Waals surface area contributed by atoms with Crippen LogP contribution in [0, 0.1) is 0 Å². The van der Waals surface area contributed by atoms with E-state index < -0.39 is 11.6 Å². The van der Waals surface area contributed by atoms with Crippen molar-refractivity contribution in [1.29, 1.82) is 0 Å². The third kappa shape index (κ3) is 1.39. The molecule has 4 rings (SSSR count). The van der Waals surface area contributed by atoms with E-state index in [9.17, 15) is 9.59 Å². The smallest absolute Gasteiger partial charge is 0.234 e. The molecular formula is C18H10O2. The molecule has 0 bridgehead atoms. The zero-order valence-electron chi connectivity index (χ0n) is 10.6. The van der Waals surface area contributed by atoms with Gasteiger partial charge in [-0.2, -0.15) is 0 Å². The first kappa shape index (κ1) is 11.1. The van der Waals surface area contributed by atoms with Gasteiger partial charge in [-0.1, -0.05) is 48.5 Å². The zero-order chi connectivity index (χ0) is 13.7. The predicted octanol–water partition coefficient (Wildman–Crippen LogP) is 3.89. The Balaban J connectivity index is 2.08. The minimum absolute atomic E-state index is 0.393. The van der Waals surface area contributed by atoms with Crippen molar-refractivity contribution in [1.82, 2.24) is 0 Å². The number of benzene rings is 3. The van der Waals surface area contributed by atoms with E-state index in [1.54, 1.807) is 6.07 Å². The molecule has 3 aromatic carbocycles. The van der Waals surface area contributed by atoms with Gasteiger partial charge in [0, 0.05) is 16.5 Å². The second-order valence-electron chi connectivity index (χ2n) is 4.95. The van der Waals surface area contributed by atoms with Gasteiger partial charge < -0.3 is 0 Å². The Morgan fingerprint density at radius 1 is 0.600 bits per heavy atom. The first-order valence-corrected chi connectivity index (χ1v) is 6.47. The van der Waals surface area contributed by atoms with Crippen LogP contribution in [0.1, 0.15) is 20.7 Å². The van der Waals surface area contributed by atoms with Gasteiger partial charge in [0.2, 0.25) is 11.6 Å². The van der Waals surface area contributed by atoms with Crippen LogP contribution >= 0.6 is 0 Å². The Kier molecular flexibility index (Phi) is 2.15. The van der Waals surface area contributed by atoms with Gasteiger partial charge in [-0.3, -0.25) is 9.59 Å². The molecule has 0 amide bonds. The van der Waals surface area contributed by atoms with E-state index in [0.29, 0.717) is 11.1 Å². The summed E-state index contributed by atoms with van der Waals surface area (Å²) in [6.07, 6.45) is 0. The molecule has 0 spiro atoms. The Morgan fingerprint density at radius 2 is 1.35 bits per heavy atom. The Labute approximate surface area is 115 Å².